The number of rotatable bonds is 7. The van der Waals surface area contributed by atoms with Crippen molar-refractivity contribution in [2.45, 2.75) is 33.0 Å². The van der Waals surface area contributed by atoms with Gasteiger partial charge in [-0.2, -0.15) is 5.10 Å². The fourth-order valence-electron chi connectivity index (χ4n) is 3.83. The minimum atomic E-state index is -0.261. The lowest BCUT2D eigenvalue weighted by molar-refractivity contribution is 0.146. The zero-order valence-electron chi connectivity index (χ0n) is 17.2. The highest BCUT2D eigenvalue weighted by molar-refractivity contribution is 5.63. The fourth-order valence-corrected chi connectivity index (χ4v) is 3.83. The molecule has 3 N–H and O–H groups in total. The highest BCUT2D eigenvalue weighted by atomic mass is 16.3. The fraction of sp³-hybridized carbons (Fsp3) is 0.375. The van der Waals surface area contributed by atoms with Crippen molar-refractivity contribution < 1.29 is 5.11 Å². The van der Waals surface area contributed by atoms with E-state index in [1.165, 1.54) is 22.3 Å². The first-order valence-electron chi connectivity index (χ1n) is 10.4. The summed E-state index contributed by atoms with van der Waals surface area (Å²) >= 11 is 0. The second kappa shape index (κ2) is 8.91. The summed E-state index contributed by atoms with van der Waals surface area (Å²) in [6.07, 6.45) is 1.88. The molecule has 4 rings (SSSR count). The van der Waals surface area contributed by atoms with Crippen molar-refractivity contribution in [3.05, 3.63) is 77.0 Å². The first-order valence-corrected chi connectivity index (χ1v) is 10.4. The molecule has 1 fully saturated rings. The van der Waals surface area contributed by atoms with Crippen LogP contribution in [-0.2, 0) is 13.1 Å². The van der Waals surface area contributed by atoms with E-state index in [0.29, 0.717) is 6.54 Å². The van der Waals surface area contributed by atoms with Crippen molar-refractivity contribution >= 4 is 0 Å². The summed E-state index contributed by atoms with van der Waals surface area (Å²) in [5.74, 6) is 0.264. The maximum Gasteiger partial charge on any atom is 0.0968 e. The van der Waals surface area contributed by atoms with Crippen LogP contribution in [0.5, 0.6) is 0 Å². The van der Waals surface area contributed by atoms with Gasteiger partial charge in [0.1, 0.15) is 0 Å². The van der Waals surface area contributed by atoms with Gasteiger partial charge >= 0.3 is 0 Å². The lowest BCUT2D eigenvalue weighted by Gasteiger charge is -2.14. The van der Waals surface area contributed by atoms with Crippen LogP contribution in [0.15, 0.2) is 54.7 Å². The largest absolute Gasteiger partial charge is 0.391 e. The van der Waals surface area contributed by atoms with Crippen molar-refractivity contribution in [1.82, 2.24) is 20.4 Å². The number of aryl methyl sites for hydroxylation is 2. The molecule has 0 spiro atoms. The number of aromatic nitrogens is 2. The maximum atomic E-state index is 10.0. The van der Waals surface area contributed by atoms with Gasteiger partial charge in [-0.3, -0.25) is 4.68 Å². The number of aliphatic hydroxyl groups is 1. The first-order chi connectivity index (χ1) is 14.1. The predicted octanol–water partition coefficient (Wildman–Crippen LogP) is 2.89. The van der Waals surface area contributed by atoms with E-state index in [1.807, 2.05) is 4.68 Å². The second-order valence-electron chi connectivity index (χ2n) is 8.17. The molecule has 3 aromatic rings. The Kier molecular flexibility index (Phi) is 6.09. The van der Waals surface area contributed by atoms with Crippen molar-refractivity contribution in [3.8, 4) is 11.3 Å². The van der Waals surface area contributed by atoms with Crippen LogP contribution in [0.25, 0.3) is 11.3 Å². The van der Waals surface area contributed by atoms with Crippen LogP contribution < -0.4 is 10.6 Å². The zero-order chi connectivity index (χ0) is 20.2. The van der Waals surface area contributed by atoms with Crippen LogP contribution in [0.1, 0.15) is 22.3 Å². The summed E-state index contributed by atoms with van der Waals surface area (Å²) in [6, 6.07) is 17.2. The van der Waals surface area contributed by atoms with Gasteiger partial charge in [0.25, 0.3) is 0 Å². The van der Waals surface area contributed by atoms with Crippen molar-refractivity contribution in [2.75, 3.05) is 19.6 Å². The van der Waals surface area contributed by atoms with Gasteiger partial charge < -0.3 is 15.7 Å². The van der Waals surface area contributed by atoms with Gasteiger partial charge in [-0.15, -0.1) is 0 Å². The topological polar surface area (TPSA) is 62.1 Å². The minimum absolute atomic E-state index is 0.261. The van der Waals surface area contributed by atoms with E-state index in [2.05, 4.69) is 79.2 Å². The average molecular weight is 391 g/mol. The molecule has 0 saturated carbocycles. The quantitative estimate of drug-likeness (QED) is 0.581. The van der Waals surface area contributed by atoms with Crippen molar-refractivity contribution in [3.63, 3.8) is 0 Å². The molecule has 2 unspecified atom stereocenters. The third kappa shape index (κ3) is 4.93. The SMILES string of the molecule is Cc1ccc(Cn2cc(CNCC3CNCC3O)c(-c3ccc(C)cc3)n2)cc1. The summed E-state index contributed by atoms with van der Waals surface area (Å²) < 4.78 is 2.03. The number of aliphatic hydroxyl groups excluding tert-OH is 1. The van der Waals surface area contributed by atoms with Gasteiger partial charge in [0.15, 0.2) is 0 Å². The third-order valence-electron chi connectivity index (χ3n) is 5.65. The number of hydrogen-bond donors (Lipinski definition) is 3. The van der Waals surface area contributed by atoms with E-state index in [0.717, 1.165) is 37.4 Å². The second-order valence-corrected chi connectivity index (χ2v) is 8.17. The Balaban J connectivity index is 1.52. The molecule has 1 aliphatic heterocycles. The van der Waals surface area contributed by atoms with Gasteiger partial charge in [0.2, 0.25) is 0 Å². The monoisotopic (exact) mass is 390 g/mol. The van der Waals surface area contributed by atoms with Gasteiger partial charge in [-0.05, 0) is 19.4 Å². The Hall–Kier alpha value is -2.47. The van der Waals surface area contributed by atoms with Gasteiger partial charge in [-0.1, -0.05) is 59.7 Å². The van der Waals surface area contributed by atoms with E-state index in [9.17, 15) is 5.11 Å². The molecule has 5 nitrogen and oxygen atoms in total. The number of benzene rings is 2. The zero-order valence-corrected chi connectivity index (χ0v) is 17.2. The first kappa shape index (κ1) is 19.8. The minimum Gasteiger partial charge on any atom is -0.391 e. The highest BCUT2D eigenvalue weighted by Gasteiger charge is 2.24. The van der Waals surface area contributed by atoms with Crippen LogP contribution in [0, 0.1) is 19.8 Å². The smallest absolute Gasteiger partial charge is 0.0968 e. The van der Waals surface area contributed by atoms with E-state index < -0.39 is 0 Å². The summed E-state index contributed by atoms with van der Waals surface area (Å²) in [5, 5.41) is 21.7. The average Bonchev–Trinajstić information content (AvgIpc) is 3.31. The number of nitrogens with zero attached hydrogens (tertiary/aromatic N) is 2. The highest BCUT2D eigenvalue weighted by Crippen LogP contribution is 2.23. The lowest BCUT2D eigenvalue weighted by atomic mass is 10.1. The Morgan fingerprint density at radius 3 is 2.38 bits per heavy atom. The Morgan fingerprint density at radius 2 is 1.72 bits per heavy atom. The molecule has 2 atom stereocenters. The van der Waals surface area contributed by atoms with Crippen LogP contribution in [0.3, 0.4) is 0 Å². The normalized spacial score (nSPS) is 19.0. The number of β-amino-alcohol motifs (C(OH)–C–C–N with tert-alkyl or cyclic N) is 1. The molecular weight excluding hydrogens is 360 g/mol. The summed E-state index contributed by atoms with van der Waals surface area (Å²) in [4.78, 5) is 0. The number of nitrogens with one attached hydrogen (secondary N) is 2. The molecule has 0 amide bonds. The van der Waals surface area contributed by atoms with E-state index in [-0.39, 0.29) is 12.0 Å². The molecule has 1 aromatic heterocycles. The summed E-state index contributed by atoms with van der Waals surface area (Å²) in [5.41, 5.74) is 7.10. The maximum absolute atomic E-state index is 10.0. The van der Waals surface area contributed by atoms with Crippen LogP contribution in [0.4, 0.5) is 0 Å². The van der Waals surface area contributed by atoms with E-state index in [1.54, 1.807) is 0 Å². The van der Waals surface area contributed by atoms with Crippen LogP contribution in [0.2, 0.25) is 0 Å². The lowest BCUT2D eigenvalue weighted by Crippen LogP contribution is -2.30. The third-order valence-corrected chi connectivity index (χ3v) is 5.65. The molecule has 152 valence electrons. The number of hydrogen-bond acceptors (Lipinski definition) is 4. The summed E-state index contributed by atoms with van der Waals surface area (Å²) in [7, 11) is 0. The molecule has 2 aromatic carbocycles. The molecule has 5 heteroatoms. The molecule has 29 heavy (non-hydrogen) atoms. The molecule has 0 radical (unpaired) electrons. The Bertz CT molecular complexity index is 931. The molecule has 0 aliphatic carbocycles. The van der Waals surface area contributed by atoms with Crippen molar-refractivity contribution in [1.29, 1.82) is 0 Å². The Morgan fingerprint density at radius 1 is 1.03 bits per heavy atom. The van der Waals surface area contributed by atoms with Crippen LogP contribution in [-0.4, -0.2) is 40.6 Å². The molecule has 2 heterocycles. The van der Waals surface area contributed by atoms with E-state index >= 15 is 0 Å². The van der Waals surface area contributed by atoms with Gasteiger partial charge in [0.05, 0.1) is 18.3 Å². The summed E-state index contributed by atoms with van der Waals surface area (Å²) in [6.45, 7) is 8.05. The van der Waals surface area contributed by atoms with Crippen molar-refractivity contribution in [2.24, 2.45) is 5.92 Å². The molecular formula is C24H30N4O. The van der Waals surface area contributed by atoms with Crippen LogP contribution >= 0.6 is 0 Å². The van der Waals surface area contributed by atoms with E-state index in [4.69, 9.17) is 5.10 Å². The molecule has 0 bridgehead atoms. The predicted molar refractivity (Wildman–Crippen MR) is 117 cm³/mol. The van der Waals surface area contributed by atoms with Gasteiger partial charge in [-0.25, -0.2) is 0 Å². The Labute approximate surface area is 172 Å². The van der Waals surface area contributed by atoms with Gasteiger partial charge in [0, 0.05) is 49.4 Å². The standard InChI is InChI=1S/C24H30N4O/c1-17-3-7-19(8-4-17)15-28-16-22(13-25-11-21-12-26-14-23(21)29)24(27-28)20-9-5-18(2)6-10-20/h3-10,16,21,23,25-26,29H,11-15H2,1-2H3. The molecule has 1 aliphatic rings. The molecule has 1 saturated heterocycles.